The molecule has 2 aromatic rings. The second-order valence-electron chi connectivity index (χ2n) is 6.71. The number of fused-ring (bicyclic) bond motifs is 3. The molecule has 0 fully saturated rings. The zero-order valence-electron chi connectivity index (χ0n) is 14.9. The molecular formula is C21H21FN2O2. The molecule has 0 aromatic heterocycles. The second kappa shape index (κ2) is 6.56. The highest BCUT2D eigenvalue weighted by Crippen LogP contribution is 2.44. The van der Waals surface area contributed by atoms with Gasteiger partial charge in [0.2, 0.25) is 5.91 Å². The maximum atomic E-state index is 14.5. The van der Waals surface area contributed by atoms with Crippen LogP contribution in [-0.2, 0) is 11.2 Å². The first-order valence-corrected chi connectivity index (χ1v) is 8.96. The summed E-state index contributed by atoms with van der Waals surface area (Å²) >= 11 is 0. The van der Waals surface area contributed by atoms with E-state index < -0.39 is 0 Å². The van der Waals surface area contributed by atoms with Gasteiger partial charge in [0.1, 0.15) is 11.6 Å². The summed E-state index contributed by atoms with van der Waals surface area (Å²) in [4.78, 5) is 12.5. The summed E-state index contributed by atoms with van der Waals surface area (Å²) in [6.07, 6.45) is 2.02. The molecule has 5 heteroatoms. The monoisotopic (exact) mass is 352 g/mol. The number of carbonyl (C=O) groups is 1. The maximum Gasteiger partial charge on any atom is 0.242 e. The van der Waals surface area contributed by atoms with Crippen molar-refractivity contribution in [2.24, 2.45) is 11.0 Å². The van der Waals surface area contributed by atoms with E-state index in [0.717, 1.165) is 35.4 Å². The number of carbonyl (C=O) groups excluding carboxylic acids is 1. The van der Waals surface area contributed by atoms with Crippen LogP contribution in [0.1, 0.15) is 42.5 Å². The highest BCUT2D eigenvalue weighted by atomic mass is 19.1. The number of hydrogen-bond donors (Lipinski definition) is 0. The predicted molar refractivity (Wildman–Crippen MR) is 97.6 cm³/mol. The highest BCUT2D eigenvalue weighted by molar-refractivity contribution is 6.07. The molecule has 4 nitrogen and oxygen atoms in total. The van der Waals surface area contributed by atoms with Crippen molar-refractivity contribution in [3.8, 4) is 5.75 Å². The molecule has 1 amide bonds. The Hall–Kier alpha value is -2.69. The van der Waals surface area contributed by atoms with Crippen molar-refractivity contribution in [3.63, 3.8) is 0 Å². The SMILES string of the molecule is CCC(=O)N1N=C2c3ccc(OC)cc3CC[C@@H]2[C@@H]1c1ccccc1F. The van der Waals surface area contributed by atoms with Gasteiger partial charge in [-0.15, -0.1) is 0 Å². The van der Waals surface area contributed by atoms with Gasteiger partial charge in [-0.3, -0.25) is 4.79 Å². The van der Waals surface area contributed by atoms with Crippen LogP contribution < -0.4 is 4.74 Å². The third-order valence-electron chi connectivity index (χ3n) is 5.31. The Morgan fingerprint density at radius 2 is 2.12 bits per heavy atom. The Balaban J connectivity index is 1.81. The van der Waals surface area contributed by atoms with E-state index in [1.54, 1.807) is 19.2 Å². The van der Waals surface area contributed by atoms with Crippen LogP contribution in [0.5, 0.6) is 5.75 Å². The van der Waals surface area contributed by atoms with E-state index >= 15 is 0 Å². The van der Waals surface area contributed by atoms with Crippen LogP contribution in [0.3, 0.4) is 0 Å². The first-order valence-electron chi connectivity index (χ1n) is 8.96. The van der Waals surface area contributed by atoms with Crippen LogP contribution in [0.4, 0.5) is 4.39 Å². The van der Waals surface area contributed by atoms with Crippen molar-refractivity contribution >= 4 is 11.6 Å². The van der Waals surface area contributed by atoms with E-state index in [-0.39, 0.29) is 23.7 Å². The van der Waals surface area contributed by atoms with Crippen LogP contribution in [0.15, 0.2) is 47.6 Å². The molecule has 2 aromatic carbocycles. The number of nitrogens with zero attached hydrogens (tertiary/aromatic N) is 2. The minimum Gasteiger partial charge on any atom is -0.497 e. The summed E-state index contributed by atoms with van der Waals surface area (Å²) < 4.78 is 19.9. The molecule has 2 atom stereocenters. The quantitative estimate of drug-likeness (QED) is 0.835. The summed E-state index contributed by atoms with van der Waals surface area (Å²) in [5.74, 6) is 0.440. The minimum atomic E-state index is -0.381. The number of ether oxygens (including phenoxy) is 1. The standard InChI is InChI=1S/C21H21FN2O2/c1-3-19(25)24-21(16-6-4-5-7-18(16)22)17-10-8-13-12-14(26-2)9-11-15(13)20(17)23-24/h4-7,9,11-12,17,21H,3,8,10H2,1-2H3/t17-,21-/m0/s1. The molecule has 0 bridgehead atoms. The molecule has 1 aliphatic heterocycles. The normalized spacial score (nSPS) is 21.0. The average Bonchev–Trinajstić information content (AvgIpc) is 3.07. The summed E-state index contributed by atoms with van der Waals surface area (Å²) in [5, 5.41) is 6.17. The fourth-order valence-electron chi connectivity index (χ4n) is 4.02. The molecule has 134 valence electrons. The van der Waals surface area contributed by atoms with E-state index in [4.69, 9.17) is 4.74 Å². The first-order chi connectivity index (χ1) is 12.6. The number of hydrazone groups is 1. The van der Waals surface area contributed by atoms with Crippen LogP contribution in [-0.4, -0.2) is 23.7 Å². The van der Waals surface area contributed by atoms with Crippen molar-refractivity contribution in [2.45, 2.75) is 32.2 Å². The molecule has 26 heavy (non-hydrogen) atoms. The van der Waals surface area contributed by atoms with Crippen LogP contribution in [0.2, 0.25) is 0 Å². The largest absolute Gasteiger partial charge is 0.497 e. The van der Waals surface area contributed by atoms with Gasteiger partial charge in [-0.1, -0.05) is 25.1 Å². The number of aryl methyl sites for hydroxylation is 1. The number of benzene rings is 2. The number of halogens is 1. The molecule has 2 aliphatic rings. The Morgan fingerprint density at radius 3 is 2.85 bits per heavy atom. The molecule has 0 radical (unpaired) electrons. The van der Waals surface area contributed by atoms with Crippen molar-refractivity contribution < 1.29 is 13.9 Å². The fourth-order valence-corrected chi connectivity index (χ4v) is 4.02. The molecule has 0 unspecified atom stereocenters. The lowest BCUT2D eigenvalue weighted by Gasteiger charge is -2.29. The molecule has 4 rings (SSSR count). The summed E-state index contributed by atoms with van der Waals surface area (Å²) in [5.41, 5.74) is 3.62. The second-order valence-corrected chi connectivity index (χ2v) is 6.71. The Labute approximate surface area is 152 Å². The van der Waals surface area contributed by atoms with Crippen LogP contribution in [0, 0.1) is 11.7 Å². The summed E-state index contributed by atoms with van der Waals surface area (Å²) in [6, 6.07) is 12.2. The van der Waals surface area contributed by atoms with E-state index in [1.165, 1.54) is 11.1 Å². The Kier molecular flexibility index (Phi) is 4.23. The third-order valence-corrected chi connectivity index (χ3v) is 5.31. The van der Waals surface area contributed by atoms with Crippen molar-refractivity contribution in [2.75, 3.05) is 7.11 Å². The van der Waals surface area contributed by atoms with Gasteiger partial charge in [-0.05, 0) is 42.7 Å². The van der Waals surface area contributed by atoms with Gasteiger partial charge in [-0.25, -0.2) is 9.40 Å². The third kappa shape index (κ3) is 2.59. The predicted octanol–water partition coefficient (Wildman–Crippen LogP) is 4.09. The maximum absolute atomic E-state index is 14.5. The summed E-state index contributed by atoms with van der Waals surface area (Å²) in [6.45, 7) is 1.81. The lowest BCUT2D eigenvalue weighted by Crippen LogP contribution is -2.32. The molecule has 0 saturated heterocycles. The molecule has 0 N–H and O–H groups in total. The number of hydrogen-bond acceptors (Lipinski definition) is 3. The molecule has 1 aliphatic carbocycles. The Morgan fingerprint density at radius 1 is 1.31 bits per heavy atom. The summed E-state index contributed by atoms with van der Waals surface area (Å²) in [7, 11) is 1.65. The minimum absolute atomic E-state index is 0.00305. The number of methoxy groups -OCH3 is 1. The smallest absolute Gasteiger partial charge is 0.242 e. The van der Waals surface area contributed by atoms with Gasteiger partial charge >= 0.3 is 0 Å². The Bertz CT molecular complexity index is 893. The van der Waals surface area contributed by atoms with Crippen molar-refractivity contribution in [1.82, 2.24) is 5.01 Å². The molecule has 1 heterocycles. The lowest BCUT2D eigenvalue weighted by molar-refractivity contribution is -0.133. The number of amides is 1. The molecular weight excluding hydrogens is 331 g/mol. The van der Waals surface area contributed by atoms with Gasteiger partial charge in [0.25, 0.3) is 0 Å². The first kappa shape index (κ1) is 16.8. The van der Waals surface area contributed by atoms with E-state index in [1.807, 2.05) is 31.2 Å². The van der Waals surface area contributed by atoms with E-state index in [2.05, 4.69) is 5.10 Å². The van der Waals surface area contributed by atoms with Crippen LogP contribution >= 0.6 is 0 Å². The topological polar surface area (TPSA) is 41.9 Å². The van der Waals surface area contributed by atoms with Gasteiger partial charge in [0.05, 0.1) is 18.9 Å². The fraction of sp³-hybridized carbons (Fsp3) is 0.333. The molecule has 0 saturated carbocycles. The van der Waals surface area contributed by atoms with E-state index in [0.29, 0.717) is 12.0 Å². The van der Waals surface area contributed by atoms with Gasteiger partial charge in [0, 0.05) is 23.5 Å². The average molecular weight is 352 g/mol. The van der Waals surface area contributed by atoms with E-state index in [9.17, 15) is 9.18 Å². The van der Waals surface area contributed by atoms with Crippen molar-refractivity contribution in [1.29, 1.82) is 0 Å². The highest BCUT2D eigenvalue weighted by Gasteiger charge is 2.44. The van der Waals surface area contributed by atoms with Crippen LogP contribution in [0.25, 0.3) is 0 Å². The number of rotatable bonds is 3. The lowest BCUT2D eigenvalue weighted by atomic mass is 9.77. The van der Waals surface area contributed by atoms with Crippen molar-refractivity contribution in [3.05, 3.63) is 65.0 Å². The van der Waals surface area contributed by atoms with Gasteiger partial charge < -0.3 is 4.74 Å². The van der Waals surface area contributed by atoms with Gasteiger partial charge in [-0.2, -0.15) is 5.10 Å². The zero-order chi connectivity index (χ0) is 18.3. The van der Waals surface area contributed by atoms with Gasteiger partial charge in [0.15, 0.2) is 0 Å². The molecule has 0 spiro atoms. The zero-order valence-corrected chi connectivity index (χ0v) is 14.9.